The number of hydrogen-bond donors (Lipinski definition) is 1. The predicted octanol–water partition coefficient (Wildman–Crippen LogP) is 3.94. The normalized spacial score (nSPS) is 24.7. The van der Waals surface area contributed by atoms with Crippen LogP contribution in [-0.2, 0) is 14.8 Å². The number of carbonyl (C=O) groups excluding carboxylic acids is 1. The molecule has 29 heavy (non-hydrogen) atoms. The van der Waals surface area contributed by atoms with Crippen molar-refractivity contribution in [2.45, 2.75) is 62.2 Å². The van der Waals surface area contributed by atoms with Gasteiger partial charge in [0.15, 0.2) is 4.21 Å². The van der Waals surface area contributed by atoms with E-state index in [1.54, 1.807) is 6.07 Å². The highest BCUT2D eigenvalue weighted by Gasteiger charge is 2.34. The monoisotopic (exact) mass is 525 g/mol. The van der Waals surface area contributed by atoms with E-state index in [1.807, 2.05) is 4.90 Å². The molecule has 1 amide bonds. The predicted molar refractivity (Wildman–Crippen MR) is 121 cm³/mol. The van der Waals surface area contributed by atoms with E-state index in [4.69, 9.17) is 11.6 Å². The van der Waals surface area contributed by atoms with Gasteiger partial charge in [0.1, 0.15) is 0 Å². The van der Waals surface area contributed by atoms with Gasteiger partial charge in [0.2, 0.25) is 5.91 Å². The second-order valence-corrected chi connectivity index (χ2v) is 13.3. The molecule has 3 rings (SSSR count). The summed E-state index contributed by atoms with van der Waals surface area (Å²) in [5.74, 6) is 0.229. The molecule has 10 heteroatoms. The molecule has 1 aromatic rings. The number of thiophene rings is 1. The lowest BCUT2D eigenvalue weighted by Gasteiger charge is -2.43. The fourth-order valence-corrected chi connectivity index (χ4v) is 8.43. The summed E-state index contributed by atoms with van der Waals surface area (Å²) in [5, 5.41) is 0. The number of nitrogens with one attached hydrogen (secondary N) is 1. The van der Waals surface area contributed by atoms with Gasteiger partial charge in [-0.25, -0.2) is 13.1 Å². The number of sulfonamides is 1. The van der Waals surface area contributed by atoms with E-state index in [9.17, 15) is 13.2 Å². The number of rotatable bonds is 4. The Morgan fingerprint density at radius 2 is 1.76 bits per heavy atom. The summed E-state index contributed by atoms with van der Waals surface area (Å²) in [7, 11) is -3.61. The molecule has 0 aromatic carbocycles. The van der Waals surface area contributed by atoms with Gasteiger partial charge in [-0.1, -0.05) is 11.6 Å². The van der Waals surface area contributed by atoms with Crippen molar-refractivity contribution in [2.24, 2.45) is 5.92 Å². The average molecular weight is 527 g/mol. The van der Waals surface area contributed by atoms with E-state index in [1.165, 1.54) is 0 Å². The maximum atomic E-state index is 12.9. The van der Waals surface area contributed by atoms with Crippen LogP contribution in [0.25, 0.3) is 0 Å². The van der Waals surface area contributed by atoms with E-state index in [-0.39, 0.29) is 27.6 Å². The number of nitrogens with zero attached hydrogens (tertiary/aromatic N) is 2. The van der Waals surface area contributed by atoms with Crippen LogP contribution in [0.4, 0.5) is 0 Å². The molecule has 1 saturated heterocycles. The highest BCUT2D eigenvalue weighted by Crippen LogP contribution is 2.35. The fraction of sp³-hybridized carbons (Fsp3) is 0.737. The van der Waals surface area contributed by atoms with Crippen molar-refractivity contribution in [3.63, 3.8) is 0 Å². The van der Waals surface area contributed by atoms with Gasteiger partial charge in [0.05, 0.1) is 8.81 Å². The molecule has 0 bridgehead atoms. The Labute approximate surface area is 191 Å². The molecule has 0 radical (unpaired) electrons. The van der Waals surface area contributed by atoms with Crippen molar-refractivity contribution in [2.75, 3.05) is 26.2 Å². The van der Waals surface area contributed by atoms with Gasteiger partial charge in [-0.2, -0.15) is 0 Å². The van der Waals surface area contributed by atoms with Gasteiger partial charge in [0.25, 0.3) is 10.0 Å². The van der Waals surface area contributed by atoms with Crippen molar-refractivity contribution in [1.29, 1.82) is 0 Å². The molecule has 1 aliphatic carbocycles. The molecule has 1 aromatic heterocycles. The van der Waals surface area contributed by atoms with E-state index < -0.39 is 10.0 Å². The van der Waals surface area contributed by atoms with Crippen molar-refractivity contribution in [1.82, 2.24) is 14.5 Å². The van der Waals surface area contributed by atoms with Crippen LogP contribution < -0.4 is 4.72 Å². The summed E-state index contributed by atoms with van der Waals surface area (Å²) in [5.41, 5.74) is 0.131. The summed E-state index contributed by atoms with van der Waals surface area (Å²) in [6.07, 6.45) is 2.79. The van der Waals surface area contributed by atoms with Crippen LogP contribution in [0.3, 0.4) is 0 Å². The summed E-state index contributed by atoms with van der Waals surface area (Å²) >= 11 is 10.2. The van der Waals surface area contributed by atoms with E-state index in [0.717, 1.165) is 50.4 Å². The van der Waals surface area contributed by atoms with Crippen molar-refractivity contribution >= 4 is 54.8 Å². The summed E-state index contributed by atoms with van der Waals surface area (Å²) in [6.45, 7) is 9.97. The second-order valence-electron chi connectivity index (χ2n) is 8.84. The zero-order valence-electron chi connectivity index (χ0n) is 17.1. The largest absolute Gasteiger partial charge is 0.340 e. The third-order valence-corrected chi connectivity index (χ3v) is 10.3. The molecule has 0 unspecified atom stereocenters. The third kappa shape index (κ3) is 5.74. The first kappa shape index (κ1) is 23.5. The van der Waals surface area contributed by atoms with Crippen LogP contribution in [0.15, 0.2) is 14.7 Å². The Morgan fingerprint density at radius 1 is 1.17 bits per heavy atom. The lowest BCUT2D eigenvalue weighted by Crippen LogP contribution is -2.55. The highest BCUT2D eigenvalue weighted by atomic mass is 79.9. The SMILES string of the molecule is CC(C)(C)N1CCN(C(=O)[C@H]2CC[C@H](NS(=O)(=O)c3sc(Cl)cc3Br)CC2)CC1. The minimum absolute atomic E-state index is 0.000130. The first-order chi connectivity index (χ1) is 13.5. The third-order valence-electron chi connectivity index (χ3n) is 5.81. The van der Waals surface area contributed by atoms with Crippen molar-refractivity contribution < 1.29 is 13.2 Å². The van der Waals surface area contributed by atoms with Crippen LogP contribution in [0.2, 0.25) is 4.34 Å². The molecule has 2 heterocycles. The molecule has 1 saturated carbocycles. The van der Waals surface area contributed by atoms with Crippen LogP contribution in [0, 0.1) is 5.92 Å². The van der Waals surface area contributed by atoms with Crippen LogP contribution in [0.1, 0.15) is 46.5 Å². The van der Waals surface area contributed by atoms with Gasteiger partial charge < -0.3 is 4.90 Å². The average Bonchev–Trinajstić information content (AvgIpc) is 3.00. The quantitative estimate of drug-likeness (QED) is 0.645. The molecular weight excluding hydrogens is 498 g/mol. The Kier molecular flexibility index (Phi) is 7.38. The standard InChI is InChI=1S/C19H29BrClN3O3S2/c1-19(2,3)24-10-8-23(9-11-24)17(25)13-4-6-14(7-5-13)22-29(26,27)18-15(20)12-16(21)28-18/h12-14,22H,4-11H2,1-3H3/t13-,14-. The zero-order chi connectivity index (χ0) is 21.4. The number of piperazine rings is 1. The molecular formula is C19H29BrClN3O3S2. The van der Waals surface area contributed by atoms with Gasteiger partial charge in [0, 0.05) is 43.7 Å². The van der Waals surface area contributed by atoms with E-state index in [2.05, 4.69) is 46.3 Å². The second kappa shape index (κ2) is 9.12. The first-order valence-electron chi connectivity index (χ1n) is 9.98. The highest BCUT2D eigenvalue weighted by molar-refractivity contribution is 9.10. The van der Waals surface area contributed by atoms with Crippen LogP contribution in [-0.4, -0.2) is 61.9 Å². The molecule has 164 valence electrons. The molecule has 0 spiro atoms. The number of hydrogen-bond acceptors (Lipinski definition) is 5. The Hall–Kier alpha value is -0.190. The van der Waals surface area contributed by atoms with Gasteiger partial charge >= 0.3 is 0 Å². The summed E-state index contributed by atoms with van der Waals surface area (Å²) in [4.78, 5) is 17.3. The minimum atomic E-state index is -3.61. The lowest BCUT2D eigenvalue weighted by molar-refractivity contribution is -0.139. The summed E-state index contributed by atoms with van der Waals surface area (Å²) in [6, 6.07) is 1.45. The molecule has 2 fully saturated rings. The van der Waals surface area contributed by atoms with Crippen LogP contribution in [0.5, 0.6) is 0 Å². The maximum absolute atomic E-state index is 12.9. The van der Waals surface area contributed by atoms with Gasteiger partial charge in [-0.3, -0.25) is 9.69 Å². The van der Waals surface area contributed by atoms with Gasteiger partial charge in [-0.05, 0) is 68.5 Å². The Morgan fingerprint density at radius 3 is 2.24 bits per heavy atom. The topological polar surface area (TPSA) is 69.7 Å². The van der Waals surface area contributed by atoms with Gasteiger partial charge in [-0.15, -0.1) is 11.3 Å². The molecule has 2 aliphatic rings. The summed E-state index contributed by atoms with van der Waals surface area (Å²) < 4.78 is 29.2. The molecule has 1 N–H and O–H groups in total. The first-order valence-corrected chi connectivity index (χ1v) is 13.5. The van der Waals surface area contributed by atoms with Crippen molar-refractivity contribution in [3.05, 3.63) is 14.9 Å². The van der Waals surface area contributed by atoms with Crippen LogP contribution >= 0.6 is 38.9 Å². The molecule has 1 aliphatic heterocycles. The maximum Gasteiger partial charge on any atom is 0.251 e. The number of amides is 1. The number of halogens is 2. The fourth-order valence-electron chi connectivity index (χ4n) is 4.10. The molecule has 0 atom stereocenters. The number of carbonyl (C=O) groups is 1. The lowest BCUT2D eigenvalue weighted by atomic mass is 9.85. The molecule has 6 nitrogen and oxygen atoms in total. The van der Waals surface area contributed by atoms with E-state index >= 15 is 0 Å². The Balaban J connectivity index is 1.50. The van der Waals surface area contributed by atoms with E-state index in [0.29, 0.717) is 21.7 Å². The Bertz CT molecular complexity index is 837. The van der Waals surface area contributed by atoms with Crippen molar-refractivity contribution in [3.8, 4) is 0 Å². The zero-order valence-corrected chi connectivity index (χ0v) is 21.1. The minimum Gasteiger partial charge on any atom is -0.340 e. The smallest absolute Gasteiger partial charge is 0.251 e.